The van der Waals surface area contributed by atoms with E-state index in [2.05, 4.69) is 23.5 Å². The summed E-state index contributed by atoms with van der Waals surface area (Å²) >= 11 is 0.836. The molecule has 10 heteroatoms. The number of benzene rings is 1. The van der Waals surface area contributed by atoms with E-state index in [1.807, 2.05) is 19.1 Å². The molecule has 1 aromatic heterocycles. The third kappa shape index (κ3) is 6.30. The summed E-state index contributed by atoms with van der Waals surface area (Å²) in [5.74, 6) is -0.354. The SMILES string of the molecule is CCOc1ccc(C(C(=O)NCCC(C)C)N(C(=O)c2snc(C(N)=O)c2N)C2CCCC2)cc1. The van der Waals surface area contributed by atoms with E-state index >= 15 is 0 Å². The number of primary amides is 1. The number of hydrogen-bond donors (Lipinski definition) is 3. The van der Waals surface area contributed by atoms with Crippen LogP contribution in [0.1, 0.15) is 84.6 Å². The summed E-state index contributed by atoms with van der Waals surface area (Å²) in [4.78, 5) is 41.0. The fourth-order valence-electron chi connectivity index (χ4n) is 4.35. The molecule has 35 heavy (non-hydrogen) atoms. The van der Waals surface area contributed by atoms with Crippen LogP contribution in [0.3, 0.4) is 0 Å². The molecular weight excluding hydrogens is 466 g/mol. The molecular formula is C25H35N5O4S. The predicted octanol–water partition coefficient (Wildman–Crippen LogP) is 3.51. The van der Waals surface area contributed by atoms with Gasteiger partial charge < -0.3 is 26.4 Å². The van der Waals surface area contributed by atoms with E-state index in [0.29, 0.717) is 30.4 Å². The zero-order chi connectivity index (χ0) is 25.5. The molecule has 1 saturated carbocycles. The van der Waals surface area contributed by atoms with Gasteiger partial charge in [-0.25, -0.2) is 0 Å². The first-order chi connectivity index (χ1) is 16.7. The van der Waals surface area contributed by atoms with Gasteiger partial charge in [0.15, 0.2) is 5.69 Å². The van der Waals surface area contributed by atoms with Crippen molar-refractivity contribution in [2.75, 3.05) is 18.9 Å². The summed E-state index contributed by atoms with van der Waals surface area (Å²) < 4.78 is 9.56. The molecule has 3 rings (SSSR count). The molecule has 0 saturated heterocycles. The van der Waals surface area contributed by atoms with Gasteiger partial charge >= 0.3 is 0 Å². The van der Waals surface area contributed by atoms with Crippen LogP contribution in [0.2, 0.25) is 0 Å². The van der Waals surface area contributed by atoms with Gasteiger partial charge in [0.1, 0.15) is 16.7 Å². The highest BCUT2D eigenvalue weighted by molar-refractivity contribution is 7.09. The molecule has 0 spiro atoms. The molecule has 1 aromatic carbocycles. The minimum atomic E-state index is -0.869. The lowest BCUT2D eigenvalue weighted by Gasteiger charge is -2.36. The number of rotatable bonds is 11. The van der Waals surface area contributed by atoms with Crippen LogP contribution in [0, 0.1) is 5.92 Å². The van der Waals surface area contributed by atoms with Gasteiger partial charge in [-0.05, 0) is 61.3 Å². The van der Waals surface area contributed by atoms with Gasteiger partial charge in [-0.1, -0.05) is 38.8 Å². The second-order valence-electron chi connectivity index (χ2n) is 9.17. The number of nitrogen functional groups attached to an aromatic ring is 1. The summed E-state index contributed by atoms with van der Waals surface area (Å²) in [6.07, 6.45) is 4.30. The molecule has 190 valence electrons. The van der Waals surface area contributed by atoms with Gasteiger partial charge in [-0.3, -0.25) is 14.4 Å². The Morgan fingerprint density at radius 3 is 2.40 bits per heavy atom. The topological polar surface area (TPSA) is 141 Å². The van der Waals surface area contributed by atoms with Gasteiger partial charge in [-0.2, -0.15) is 4.37 Å². The van der Waals surface area contributed by atoms with E-state index in [-0.39, 0.29) is 28.2 Å². The molecule has 5 N–H and O–H groups in total. The van der Waals surface area contributed by atoms with Crippen LogP contribution in [0.4, 0.5) is 5.69 Å². The standard InChI is InChI=1S/C25H35N5O4S/c1-4-34-18-11-9-16(10-12-18)21(24(32)28-14-13-15(2)3)30(17-7-5-6-8-17)25(33)22-19(26)20(23(27)31)29-35-22/h9-12,15,17,21H,4-8,13-14,26H2,1-3H3,(H2,27,31)(H,28,32). The van der Waals surface area contributed by atoms with Gasteiger partial charge in [-0.15, -0.1) is 0 Å². The number of carbonyl (C=O) groups excluding carboxylic acids is 3. The zero-order valence-electron chi connectivity index (χ0n) is 20.6. The number of nitrogens with two attached hydrogens (primary N) is 2. The smallest absolute Gasteiger partial charge is 0.270 e. The van der Waals surface area contributed by atoms with Crippen LogP contribution in [0.5, 0.6) is 5.75 Å². The maximum atomic E-state index is 13.9. The number of nitrogens with zero attached hydrogens (tertiary/aromatic N) is 2. The zero-order valence-corrected chi connectivity index (χ0v) is 21.4. The van der Waals surface area contributed by atoms with Crippen molar-refractivity contribution in [1.82, 2.24) is 14.6 Å². The molecule has 0 bridgehead atoms. The molecule has 0 aliphatic heterocycles. The van der Waals surface area contributed by atoms with E-state index < -0.39 is 17.9 Å². The Kier molecular flexibility index (Phi) is 9.08. The van der Waals surface area contributed by atoms with Crippen molar-refractivity contribution in [3.8, 4) is 5.75 Å². The van der Waals surface area contributed by atoms with Crippen LogP contribution in [-0.2, 0) is 4.79 Å². The van der Waals surface area contributed by atoms with Crippen LogP contribution < -0.4 is 21.5 Å². The number of carbonyl (C=O) groups is 3. The lowest BCUT2D eigenvalue weighted by Crippen LogP contribution is -2.48. The Bertz CT molecular complexity index is 1030. The Morgan fingerprint density at radius 2 is 1.86 bits per heavy atom. The largest absolute Gasteiger partial charge is 0.494 e. The average Bonchev–Trinajstić information content (AvgIpc) is 3.47. The lowest BCUT2D eigenvalue weighted by molar-refractivity contribution is -0.126. The van der Waals surface area contributed by atoms with E-state index in [1.165, 1.54) is 0 Å². The number of nitrogens with one attached hydrogen (secondary N) is 1. The lowest BCUT2D eigenvalue weighted by atomic mass is 10.00. The minimum absolute atomic E-state index is 0.0406. The molecule has 1 unspecified atom stereocenters. The van der Waals surface area contributed by atoms with Gasteiger partial charge in [0.05, 0.1) is 12.3 Å². The Morgan fingerprint density at radius 1 is 1.20 bits per heavy atom. The highest BCUT2D eigenvalue weighted by Crippen LogP contribution is 2.36. The summed E-state index contributed by atoms with van der Waals surface area (Å²) in [6.45, 7) is 7.11. The minimum Gasteiger partial charge on any atom is -0.494 e. The number of amides is 3. The second kappa shape index (κ2) is 12.0. The molecule has 2 aromatic rings. The molecule has 1 fully saturated rings. The molecule has 1 atom stereocenters. The van der Waals surface area contributed by atoms with Crippen molar-refractivity contribution in [2.24, 2.45) is 11.7 Å². The molecule has 0 radical (unpaired) electrons. The van der Waals surface area contributed by atoms with E-state index in [0.717, 1.165) is 43.6 Å². The van der Waals surface area contributed by atoms with Crippen molar-refractivity contribution >= 4 is 34.9 Å². The van der Waals surface area contributed by atoms with Crippen LogP contribution >= 0.6 is 11.5 Å². The number of ether oxygens (including phenoxy) is 1. The van der Waals surface area contributed by atoms with Crippen molar-refractivity contribution in [2.45, 2.75) is 65.0 Å². The quantitative estimate of drug-likeness (QED) is 0.430. The highest BCUT2D eigenvalue weighted by Gasteiger charge is 2.39. The molecule has 3 amide bonds. The fourth-order valence-corrected chi connectivity index (χ4v) is 5.10. The molecule has 1 aliphatic carbocycles. The normalized spacial score (nSPS) is 14.6. The Balaban J connectivity index is 2.04. The number of hydrogen-bond acceptors (Lipinski definition) is 7. The maximum Gasteiger partial charge on any atom is 0.270 e. The van der Waals surface area contributed by atoms with Gasteiger partial charge in [0.2, 0.25) is 5.91 Å². The van der Waals surface area contributed by atoms with E-state index in [4.69, 9.17) is 16.2 Å². The Labute approximate surface area is 210 Å². The first-order valence-corrected chi connectivity index (χ1v) is 12.9. The Hall–Kier alpha value is -3.14. The van der Waals surface area contributed by atoms with Crippen molar-refractivity contribution in [3.63, 3.8) is 0 Å². The summed E-state index contributed by atoms with van der Waals surface area (Å²) in [6, 6.07) is 6.23. The van der Waals surface area contributed by atoms with Gasteiger partial charge in [0.25, 0.3) is 11.8 Å². The molecule has 1 aliphatic rings. The number of aromatic nitrogens is 1. The van der Waals surface area contributed by atoms with Crippen LogP contribution in [0.25, 0.3) is 0 Å². The highest BCUT2D eigenvalue weighted by atomic mass is 32.1. The van der Waals surface area contributed by atoms with Gasteiger partial charge in [0, 0.05) is 12.6 Å². The van der Waals surface area contributed by atoms with Crippen molar-refractivity contribution in [3.05, 3.63) is 40.4 Å². The average molecular weight is 502 g/mol. The van der Waals surface area contributed by atoms with Crippen molar-refractivity contribution < 1.29 is 19.1 Å². The summed E-state index contributed by atoms with van der Waals surface area (Å²) in [5.41, 5.74) is 12.0. The van der Waals surface area contributed by atoms with Crippen LogP contribution in [-0.4, -0.2) is 46.2 Å². The maximum absolute atomic E-state index is 13.9. The third-order valence-corrected chi connectivity index (χ3v) is 7.01. The third-order valence-electron chi connectivity index (χ3n) is 6.16. The van der Waals surface area contributed by atoms with E-state index in [9.17, 15) is 14.4 Å². The molecule has 9 nitrogen and oxygen atoms in total. The number of anilines is 1. The second-order valence-corrected chi connectivity index (χ2v) is 9.94. The first kappa shape index (κ1) is 26.5. The monoisotopic (exact) mass is 501 g/mol. The van der Waals surface area contributed by atoms with Crippen LogP contribution in [0.15, 0.2) is 24.3 Å². The predicted molar refractivity (Wildman–Crippen MR) is 136 cm³/mol. The fraction of sp³-hybridized carbons (Fsp3) is 0.520. The van der Waals surface area contributed by atoms with Crippen molar-refractivity contribution in [1.29, 1.82) is 0 Å². The first-order valence-electron chi connectivity index (χ1n) is 12.1. The summed E-state index contributed by atoms with van der Waals surface area (Å²) in [7, 11) is 0. The molecule has 1 heterocycles. The van der Waals surface area contributed by atoms with E-state index in [1.54, 1.807) is 17.0 Å². The summed E-state index contributed by atoms with van der Waals surface area (Å²) in [5, 5.41) is 3.02.